The van der Waals surface area contributed by atoms with Crippen molar-refractivity contribution >= 4 is 33.3 Å². The number of pyridine rings is 1. The topological polar surface area (TPSA) is 74.2 Å². The zero-order valence-electron chi connectivity index (χ0n) is 17.0. The third-order valence-corrected chi connectivity index (χ3v) is 6.20. The summed E-state index contributed by atoms with van der Waals surface area (Å²) in [4.78, 5) is 29.1. The summed E-state index contributed by atoms with van der Waals surface area (Å²) < 4.78 is 41.2. The van der Waals surface area contributed by atoms with E-state index in [1.165, 1.54) is 12.4 Å². The summed E-state index contributed by atoms with van der Waals surface area (Å²) in [6, 6.07) is 2.96. The van der Waals surface area contributed by atoms with Crippen molar-refractivity contribution in [3.8, 4) is 0 Å². The zero-order valence-corrected chi connectivity index (χ0v) is 17.8. The van der Waals surface area contributed by atoms with Crippen LogP contribution in [0.4, 0.5) is 19.0 Å². The molecule has 0 radical (unpaired) electrons. The molecule has 0 atom stereocenters. The lowest BCUT2D eigenvalue weighted by Crippen LogP contribution is -2.46. The number of hydrogen-bond acceptors (Lipinski definition) is 7. The molecule has 0 saturated carbocycles. The number of alkyl halides is 3. The molecular formula is C20H21F3N6OS. The van der Waals surface area contributed by atoms with E-state index in [0.717, 1.165) is 23.1 Å². The Balaban J connectivity index is 1.59. The summed E-state index contributed by atoms with van der Waals surface area (Å²) in [5.41, 5.74) is 0.403. The van der Waals surface area contributed by atoms with Crippen LogP contribution in [-0.2, 0) is 12.7 Å². The highest BCUT2D eigenvalue weighted by atomic mass is 32.1. The van der Waals surface area contributed by atoms with E-state index in [1.54, 1.807) is 6.20 Å². The van der Waals surface area contributed by atoms with E-state index in [4.69, 9.17) is 0 Å². The average Bonchev–Trinajstić information content (AvgIpc) is 3.16. The predicted octanol–water partition coefficient (Wildman–Crippen LogP) is 3.10. The van der Waals surface area contributed by atoms with Gasteiger partial charge >= 0.3 is 6.18 Å². The molecule has 3 aromatic rings. The summed E-state index contributed by atoms with van der Waals surface area (Å²) in [6.45, 7) is 4.87. The highest BCUT2D eigenvalue weighted by Gasteiger charge is 2.36. The number of fused-ring (bicyclic) bond motifs is 1. The van der Waals surface area contributed by atoms with Crippen molar-refractivity contribution in [3.05, 3.63) is 46.4 Å². The molecule has 1 amide bonds. The van der Waals surface area contributed by atoms with E-state index in [-0.39, 0.29) is 21.6 Å². The Kier molecular flexibility index (Phi) is 5.80. The molecule has 0 aromatic carbocycles. The number of carbonyl (C=O) groups excluding carboxylic acids is 1. The second kappa shape index (κ2) is 8.39. The van der Waals surface area contributed by atoms with Crippen LogP contribution in [-0.4, -0.2) is 59.0 Å². The van der Waals surface area contributed by atoms with Crippen LogP contribution in [0.1, 0.15) is 27.4 Å². The van der Waals surface area contributed by atoms with E-state index >= 15 is 0 Å². The second-order valence-corrected chi connectivity index (χ2v) is 8.17. The SMILES string of the molecule is CNC(=O)c1csc2c(C(F)(F)F)cc(N3CCN(Cc4ccnc(C)n4)CC3)nc12. The van der Waals surface area contributed by atoms with E-state index in [9.17, 15) is 18.0 Å². The van der Waals surface area contributed by atoms with Gasteiger partial charge < -0.3 is 10.2 Å². The molecule has 0 bridgehead atoms. The largest absolute Gasteiger partial charge is 0.417 e. The quantitative estimate of drug-likeness (QED) is 0.659. The number of nitrogens with one attached hydrogen (secondary N) is 1. The molecule has 164 valence electrons. The highest BCUT2D eigenvalue weighted by molar-refractivity contribution is 7.17. The number of hydrogen-bond donors (Lipinski definition) is 1. The molecule has 3 aromatic heterocycles. The molecule has 1 saturated heterocycles. The van der Waals surface area contributed by atoms with Gasteiger partial charge in [0, 0.05) is 51.3 Å². The minimum Gasteiger partial charge on any atom is -0.355 e. The van der Waals surface area contributed by atoms with Gasteiger partial charge in [-0.05, 0) is 19.1 Å². The molecule has 0 unspecified atom stereocenters. The van der Waals surface area contributed by atoms with E-state index in [1.807, 2.05) is 17.9 Å². The van der Waals surface area contributed by atoms with Crippen molar-refractivity contribution in [2.24, 2.45) is 0 Å². The molecule has 1 N–H and O–H groups in total. The van der Waals surface area contributed by atoms with Gasteiger partial charge in [-0.3, -0.25) is 9.69 Å². The average molecular weight is 450 g/mol. The summed E-state index contributed by atoms with van der Waals surface area (Å²) >= 11 is 0.887. The van der Waals surface area contributed by atoms with Gasteiger partial charge in [-0.15, -0.1) is 11.3 Å². The fourth-order valence-corrected chi connectivity index (χ4v) is 4.64. The van der Waals surface area contributed by atoms with Crippen LogP contribution in [0, 0.1) is 6.92 Å². The monoisotopic (exact) mass is 450 g/mol. The summed E-state index contributed by atoms with van der Waals surface area (Å²) in [6.07, 6.45) is -2.82. The number of nitrogens with zero attached hydrogens (tertiary/aromatic N) is 5. The lowest BCUT2D eigenvalue weighted by molar-refractivity contribution is -0.136. The number of halogens is 3. The van der Waals surface area contributed by atoms with Gasteiger partial charge in [0.25, 0.3) is 5.91 Å². The van der Waals surface area contributed by atoms with Gasteiger partial charge in [0.2, 0.25) is 0 Å². The number of anilines is 1. The molecule has 1 fully saturated rings. The first kappa shape index (κ1) is 21.4. The molecule has 1 aliphatic rings. The van der Waals surface area contributed by atoms with Gasteiger partial charge in [0.1, 0.15) is 11.6 Å². The van der Waals surface area contributed by atoms with Crippen LogP contribution in [0.25, 0.3) is 10.2 Å². The first-order valence-electron chi connectivity index (χ1n) is 9.73. The molecule has 7 nitrogen and oxygen atoms in total. The van der Waals surface area contributed by atoms with Crippen molar-refractivity contribution in [2.45, 2.75) is 19.6 Å². The number of rotatable bonds is 4. The Morgan fingerprint density at radius 3 is 2.61 bits per heavy atom. The van der Waals surface area contributed by atoms with Crippen molar-refractivity contribution in [1.82, 2.24) is 25.2 Å². The van der Waals surface area contributed by atoms with E-state index < -0.39 is 17.6 Å². The van der Waals surface area contributed by atoms with Crippen LogP contribution in [0.5, 0.6) is 0 Å². The molecule has 0 aliphatic carbocycles. The lowest BCUT2D eigenvalue weighted by atomic mass is 10.1. The van der Waals surface area contributed by atoms with Gasteiger partial charge in [-0.2, -0.15) is 13.2 Å². The second-order valence-electron chi connectivity index (χ2n) is 7.29. The van der Waals surface area contributed by atoms with E-state index in [2.05, 4.69) is 25.2 Å². The molecule has 11 heteroatoms. The van der Waals surface area contributed by atoms with Crippen LogP contribution >= 0.6 is 11.3 Å². The third kappa shape index (κ3) is 4.47. The maximum Gasteiger partial charge on any atom is 0.417 e. The summed E-state index contributed by atoms with van der Waals surface area (Å²) in [7, 11) is 1.44. The zero-order chi connectivity index (χ0) is 22.2. The summed E-state index contributed by atoms with van der Waals surface area (Å²) in [5, 5.41) is 3.89. The van der Waals surface area contributed by atoms with Crippen molar-refractivity contribution in [1.29, 1.82) is 0 Å². The van der Waals surface area contributed by atoms with Crippen molar-refractivity contribution in [3.63, 3.8) is 0 Å². The van der Waals surface area contributed by atoms with Gasteiger partial charge in [-0.25, -0.2) is 15.0 Å². The lowest BCUT2D eigenvalue weighted by Gasteiger charge is -2.35. The third-order valence-electron chi connectivity index (χ3n) is 5.20. The standard InChI is InChI=1S/C20H21F3N6OS/c1-12-25-4-3-13(26-12)10-28-5-7-29(8-6-28)16-9-15(20(21,22)23)18-17(27-16)14(11-31-18)19(30)24-2/h3-4,9,11H,5-8,10H2,1-2H3,(H,24,30). The first-order valence-corrected chi connectivity index (χ1v) is 10.6. The Labute approximate surface area is 180 Å². The van der Waals surface area contributed by atoms with Gasteiger partial charge in [-0.1, -0.05) is 0 Å². The van der Waals surface area contributed by atoms with Gasteiger partial charge in [0.05, 0.1) is 27.0 Å². The number of thiophene rings is 1. The fraction of sp³-hybridized carbons (Fsp3) is 0.400. The summed E-state index contributed by atoms with van der Waals surface area (Å²) in [5.74, 6) is 0.492. The minimum absolute atomic E-state index is 0.0207. The van der Waals surface area contributed by atoms with Crippen LogP contribution in [0.3, 0.4) is 0 Å². The Morgan fingerprint density at radius 1 is 1.23 bits per heavy atom. The number of amides is 1. The molecule has 1 aliphatic heterocycles. The normalized spacial score (nSPS) is 15.5. The van der Waals surface area contributed by atoms with Crippen LogP contribution in [0.2, 0.25) is 0 Å². The molecule has 0 spiro atoms. The molecule has 4 heterocycles. The Bertz CT molecular complexity index is 1110. The van der Waals surface area contributed by atoms with Crippen LogP contribution < -0.4 is 10.2 Å². The number of aryl methyl sites for hydroxylation is 1. The molecule has 31 heavy (non-hydrogen) atoms. The van der Waals surface area contributed by atoms with Gasteiger partial charge in [0.15, 0.2) is 0 Å². The fourth-order valence-electron chi connectivity index (χ4n) is 3.62. The minimum atomic E-state index is -4.53. The van der Waals surface area contributed by atoms with E-state index in [0.29, 0.717) is 38.5 Å². The smallest absolute Gasteiger partial charge is 0.355 e. The number of aromatic nitrogens is 3. The number of piperazine rings is 1. The maximum absolute atomic E-state index is 13.7. The predicted molar refractivity (Wildman–Crippen MR) is 112 cm³/mol. The van der Waals surface area contributed by atoms with Crippen LogP contribution in [0.15, 0.2) is 23.7 Å². The molecular weight excluding hydrogens is 429 g/mol. The Morgan fingerprint density at radius 2 is 1.97 bits per heavy atom. The van der Waals surface area contributed by atoms with Crippen molar-refractivity contribution in [2.75, 3.05) is 38.1 Å². The molecule has 4 rings (SSSR count). The highest BCUT2D eigenvalue weighted by Crippen LogP contribution is 2.40. The van der Waals surface area contributed by atoms with Crippen molar-refractivity contribution < 1.29 is 18.0 Å². The maximum atomic E-state index is 13.7. The Hall–Kier alpha value is -2.79. The number of carbonyl (C=O) groups is 1. The first-order chi connectivity index (χ1) is 14.8.